The Bertz CT molecular complexity index is 421. The topological polar surface area (TPSA) is 35.2 Å². The summed E-state index contributed by atoms with van der Waals surface area (Å²) in [5.74, 6) is 1.02. The molecule has 1 aromatic carbocycles. The van der Waals surface area contributed by atoms with Crippen molar-refractivity contribution >= 4 is 0 Å². The molecular weight excluding hydrogens is 210 g/mol. The predicted octanol–water partition coefficient (Wildman–Crippen LogP) is 3.48. The van der Waals surface area contributed by atoms with Crippen molar-refractivity contribution in [3.63, 3.8) is 0 Å². The van der Waals surface area contributed by atoms with Gasteiger partial charge in [-0.1, -0.05) is 24.1 Å². The SMILES string of the molecule is Cc1ccc2c(c1)[C@@H](N)CC1(CCCCC1)O2. The van der Waals surface area contributed by atoms with Gasteiger partial charge in [0.2, 0.25) is 0 Å². The van der Waals surface area contributed by atoms with Crippen LogP contribution in [0.2, 0.25) is 0 Å². The quantitative estimate of drug-likeness (QED) is 0.742. The normalized spacial score (nSPS) is 26.4. The highest BCUT2D eigenvalue weighted by molar-refractivity contribution is 5.41. The van der Waals surface area contributed by atoms with Crippen molar-refractivity contribution in [2.24, 2.45) is 5.73 Å². The highest BCUT2D eigenvalue weighted by atomic mass is 16.5. The van der Waals surface area contributed by atoms with Crippen LogP contribution >= 0.6 is 0 Å². The van der Waals surface area contributed by atoms with Crippen LogP contribution in [-0.4, -0.2) is 5.60 Å². The first kappa shape index (κ1) is 11.1. The van der Waals surface area contributed by atoms with Crippen molar-refractivity contribution in [3.05, 3.63) is 29.3 Å². The van der Waals surface area contributed by atoms with Crippen LogP contribution in [-0.2, 0) is 0 Å². The molecule has 0 amide bonds. The van der Waals surface area contributed by atoms with E-state index in [1.807, 2.05) is 0 Å². The first-order valence-corrected chi connectivity index (χ1v) is 6.74. The molecule has 0 aromatic heterocycles. The van der Waals surface area contributed by atoms with Crippen LogP contribution in [0.1, 0.15) is 55.7 Å². The van der Waals surface area contributed by atoms with Gasteiger partial charge in [-0.15, -0.1) is 0 Å². The number of nitrogens with two attached hydrogens (primary N) is 1. The maximum Gasteiger partial charge on any atom is 0.124 e. The Morgan fingerprint density at radius 2 is 2.00 bits per heavy atom. The van der Waals surface area contributed by atoms with Crippen LogP contribution in [0.5, 0.6) is 5.75 Å². The summed E-state index contributed by atoms with van der Waals surface area (Å²) in [5.41, 5.74) is 8.84. The lowest BCUT2D eigenvalue weighted by Crippen LogP contribution is -2.44. The molecule has 3 rings (SSSR count). The van der Waals surface area contributed by atoms with Gasteiger partial charge >= 0.3 is 0 Å². The molecule has 1 aromatic rings. The molecule has 92 valence electrons. The van der Waals surface area contributed by atoms with E-state index in [4.69, 9.17) is 10.5 Å². The molecule has 1 aliphatic carbocycles. The maximum absolute atomic E-state index is 6.34. The average molecular weight is 231 g/mol. The summed E-state index contributed by atoms with van der Waals surface area (Å²) in [6, 6.07) is 6.54. The Balaban J connectivity index is 1.94. The number of aryl methyl sites for hydroxylation is 1. The Kier molecular flexibility index (Phi) is 2.62. The van der Waals surface area contributed by atoms with Crippen LogP contribution < -0.4 is 10.5 Å². The minimum absolute atomic E-state index is 0.0416. The van der Waals surface area contributed by atoms with Crippen molar-refractivity contribution < 1.29 is 4.74 Å². The summed E-state index contributed by atoms with van der Waals surface area (Å²) in [7, 11) is 0. The monoisotopic (exact) mass is 231 g/mol. The number of hydrogen-bond donors (Lipinski definition) is 1. The molecular formula is C15H21NO. The molecule has 2 nitrogen and oxygen atoms in total. The highest BCUT2D eigenvalue weighted by Crippen LogP contribution is 2.45. The Labute approximate surface area is 103 Å². The molecule has 0 bridgehead atoms. The Hall–Kier alpha value is -1.02. The summed E-state index contributed by atoms with van der Waals surface area (Å²) in [4.78, 5) is 0. The fourth-order valence-electron chi connectivity index (χ4n) is 3.34. The number of fused-ring (bicyclic) bond motifs is 1. The van der Waals surface area contributed by atoms with E-state index >= 15 is 0 Å². The fourth-order valence-corrected chi connectivity index (χ4v) is 3.34. The number of benzene rings is 1. The second kappa shape index (κ2) is 4.02. The third-order valence-electron chi connectivity index (χ3n) is 4.25. The molecule has 2 N–H and O–H groups in total. The molecule has 1 fully saturated rings. The van der Waals surface area contributed by atoms with Gasteiger partial charge in [0.25, 0.3) is 0 Å². The summed E-state index contributed by atoms with van der Waals surface area (Å²) >= 11 is 0. The zero-order chi connectivity index (χ0) is 11.9. The second-order valence-electron chi connectivity index (χ2n) is 5.70. The minimum Gasteiger partial charge on any atom is -0.487 e. The predicted molar refractivity (Wildman–Crippen MR) is 69.2 cm³/mol. The third-order valence-corrected chi connectivity index (χ3v) is 4.25. The molecule has 1 spiro atoms. The van der Waals surface area contributed by atoms with Crippen molar-refractivity contribution in [1.82, 2.24) is 0 Å². The van der Waals surface area contributed by atoms with E-state index in [-0.39, 0.29) is 11.6 Å². The second-order valence-corrected chi connectivity index (χ2v) is 5.70. The van der Waals surface area contributed by atoms with Gasteiger partial charge in [-0.2, -0.15) is 0 Å². The van der Waals surface area contributed by atoms with Gasteiger partial charge in [0, 0.05) is 18.0 Å². The standard InChI is InChI=1S/C15H21NO/c1-11-5-6-14-12(9-11)13(16)10-15(17-14)7-3-2-4-8-15/h5-6,9,13H,2-4,7-8,10,16H2,1H3/t13-/m0/s1. The fraction of sp³-hybridized carbons (Fsp3) is 0.600. The van der Waals surface area contributed by atoms with E-state index in [0.29, 0.717) is 0 Å². The van der Waals surface area contributed by atoms with Crippen molar-refractivity contribution in [3.8, 4) is 5.75 Å². The zero-order valence-corrected chi connectivity index (χ0v) is 10.5. The molecule has 0 unspecified atom stereocenters. The number of rotatable bonds is 0. The lowest BCUT2D eigenvalue weighted by Gasteiger charge is -2.43. The van der Waals surface area contributed by atoms with Gasteiger partial charge in [0.1, 0.15) is 11.4 Å². The van der Waals surface area contributed by atoms with E-state index in [1.54, 1.807) is 0 Å². The molecule has 0 radical (unpaired) electrons. The number of hydrogen-bond acceptors (Lipinski definition) is 2. The maximum atomic E-state index is 6.34. The molecule has 1 aliphatic heterocycles. The van der Waals surface area contributed by atoms with Crippen molar-refractivity contribution in [2.75, 3.05) is 0 Å². The van der Waals surface area contributed by atoms with Crippen LogP contribution in [0, 0.1) is 6.92 Å². The number of ether oxygens (including phenoxy) is 1. The molecule has 1 atom stereocenters. The molecule has 2 heteroatoms. The lowest BCUT2D eigenvalue weighted by atomic mass is 9.77. The lowest BCUT2D eigenvalue weighted by molar-refractivity contribution is 0.00192. The Morgan fingerprint density at radius 1 is 1.24 bits per heavy atom. The van der Waals surface area contributed by atoms with E-state index in [2.05, 4.69) is 25.1 Å². The van der Waals surface area contributed by atoms with Gasteiger partial charge < -0.3 is 10.5 Å². The van der Waals surface area contributed by atoms with Crippen LogP contribution in [0.4, 0.5) is 0 Å². The van der Waals surface area contributed by atoms with Crippen LogP contribution in [0.15, 0.2) is 18.2 Å². The molecule has 2 aliphatic rings. The van der Waals surface area contributed by atoms with Crippen LogP contribution in [0.3, 0.4) is 0 Å². The molecule has 1 saturated carbocycles. The Morgan fingerprint density at radius 3 is 2.76 bits per heavy atom. The van der Waals surface area contributed by atoms with Crippen molar-refractivity contribution in [2.45, 2.75) is 57.1 Å². The first-order chi connectivity index (χ1) is 8.19. The van der Waals surface area contributed by atoms with Gasteiger partial charge in [-0.25, -0.2) is 0 Å². The highest BCUT2D eigenvalue weighted by Gasteiger charge is 2.40. The summed E-state index contributed by atoms with van der Waals surface area (Å²) < 4.78 is 6.31. The van der Waals surface area contributed by atoms with E-state index in [9.17, 15) is 0 Å². The average Bonchev–Trinajstić information content (AvgIpc) is 2.31. The first-order valence-electron chi connectivity index (χ1n) is 6.74. The van der Waals surface area contributed by atoms with Gasteiger partial charge in [0.05, 0.1) is 0 Å². The van der Waals surface area contributed by atoms with E-state index in [1.165, 1.54) is 43.2 Å². The van der Waals surface area contributed by atoms with Crippen LogP contribution in [0.25, 0.3) is 0 Å². The zero-order valence-electron chi connectivity index (χ0n) is 10.5. The summed E-state index contributed by atoms with van der Waals surface area (Å²) in [5, 5.41) is 0. The van der Waals surface area contributed by atoms with Crippen molar-refractivity contribution in [1.29, 1.82) is 0 Å². The van der Waals surface area contributed by atoms with Gasteiger partial charge in [0.15, 0.2) is 0 Å². The smallest absolute Gasteiger partial charge is 0.124 e. The summed E-state index contributed by atoms with van der Waals surface area (Å²) in [6.45, 7) is 2.11. The van der Waals surface area contributed by atoms with E-state index < -0.39 is 0 Å². The minimum atomic E-state index is 0.0416. The molecule has 0 saturated heterocycles. The summed E-state index contributed by atoms with van der Waals surface area (Å²) in [6.07, 6.45) is 7.26. The third kappa shape index (κ3) is 1.95. The van der Waals surface area contributed by atoms with E-state index in [0.717, 1.165) is 12.2 Å². The van der Waals surface area contributed by atoms with Gasteiger partial charge in [-0.3, -0.25) is 0 Å². The largest absolute Gasteiger partial charge is 0.487 e. The van der Waals surface area contributed by atoms with Gasteiger partial charge in [-0.05, 0) is 38.7 Å². The molecule has 1 heterocycles. The molecule has 17 heavy (non-hydrogen) atoms.